The van der Waals surface area contributed by atoms with Gasteiger partial charge in [-0.15, -0.1) is 0 Å². The summed E-state index contributed by atoms with van der Waals surface area (Å²) in [4.78, 5) is 28.1. The summed E-state index contributed by atoms with van der Waals surface area (Å²) in [5.41, 5.74) is 3.88. The number of aryl methyl sites for hydroxylation is 1. The minimum absolute atomic E-state index is 0.129. The minimum Gasteiger partial charge on any atom is -0.384 e. The van der Waals surface area contributed by atoms with E-state index in [0.717, 1.165) is 36.8 Å². The third kappa shape index (κ3) is 3.58. The van der Waals surface area contributed by atoms with Crippen molar-refractivity contribution in [2.45, 2.75) is 44.2 Å². The molecule has 1 saturated carbocycles. The number of amides is 2. The highest BCUT2D eigenvalue weighted by Crippen LogP contribution is 2.42. The first-order valence-corrected chi connectivity index (χ1v) is 13.2. The molecule has 2 aliphatic carbocycles. The summed E-state index contributed by atoms with van der Waals surface area (Å²) in [6.45, 7) is 0.622. The molecular weight excluding hydrogens is 428 g/mol. The Labute approximate surface area is 187 Å². The van der Waals surface area contributed by atoms with E-state index in [9.17, 15) is 18.0 Å². The maximum Gasteiger partial charge on any atom is 0.322 e. The van der Waals surface area contributed by atoms with Crippen LogP contribution in [0.5, 0.6) is 0 Å². The molecule has 1 aromatic rings. The second-order valence-electron chi connectivity index (χ2n) is 9.20. The third-order valence-electron chi connectivity index (χ3n) is 6.78. The van der Waals surface area contributed by atoms with E-state index in [1.807, 2.05) is 12.3 Å². The number of sulfone groups is 1. The number of rotatable bonds is 3. The number of pyridine rings is 1. The molecule has 1 aromatic heterocycles. The van der Waals surface area contributed by atoms with Gasteiger partial charge < -0.3 is 15.2 Å². The molecule has 32 heavy (non-hydrogen) atoms. The molecule has 5 rings (SSSR count). The van der Waals surface area contributed by atoms with Gasteiger partial charge in [-0.2, -0.15) is 0 Å². The van der Waals surface area contributed by atoms with Crippen LogP contribution in [0.4, 0.5) is 4.79 Å². The summed E-state index contributed by atoms with van der Waals surface area (Å²) in [6, 6.07) is 1.69. The van der Waals surface area contributed by atoms with Crippen LogP contribution in [0.1, 0.15) is 43.2 Å². The van der Waals surface area contributed by atoms with Gasteiger partial charge in [0.25, 0.3) is 5.56 Å². The van der Waals surface area contributed by atoms with E-state index in [4.69, 9.17) is 0 Å². The zero-order valence-corrected chi connectivity index (χ0v) is 19.2. The smallest absolute Gasteiger partial charge is 0.322 e. The lowest BCUT2D eigenvalue weighted by Gasteiger charge is -2.32. The van der Waals surface area contributed by atoms with Crippen LogP contribution < -0.4 is 16.2 Å². The van der Waals surface area contributed by atoms with E-state index < -0.39 is 9.84 Å². The van der Waals surface area contributed by atoms with Crippen molar-refractivity contribution in [1.29, 1.82) is 0 Å². The minimum atomic E-state index is -3.34. The number of nitrogens with zero attached hydrogens (tertiary/aromatic N) is 2. The highest BCUT2D eigenvalue weighted by atomic mass is 32.2. The van der Waals surface area contributed by atoms with Crippen molar-refractivity contribution in [3.05, 3.63) is 57.2 Å². The molecule has 9 heteroatoms. The van der Waals surface area contributed by atoms with Crippen LogP contribution in [0.3, 0.4) is 0 Å². The Morgan fingerprint density at radius 3 is 2.72 bits per heavy atom. The van der Waals surface area contributed by atoms with Crippen molar-refractivity contribution < 1.29 is 13.2 Å². The van der Waals surface area contributed by atoms with Crippen molar-refractivity contribution in [3.8, 4) is 0 Å². The van der Waals surface area contributed by atoms with Crippen molar-refractivity contribution in [2.75, 3.05) is 18.6 Å². The van der Waals surface area contributed by atoms with Gasteiger partial charge >= 0.3 is 6.03 Å². The Balaban J connectivity index is 1.65. The van der Waals surface area contributed by atoms with Crippen LogP contribution in [0.15, 0.2) is 40.5 Å². The highest BCUT2D eigenvalue weighted by molar-refractivity contribution is 7.91. The molecule has 2 amide bonds. The van der Waals surface area contributed by atoms with Gasteiger partial charge in [-0.05, 0) is 48.1 Å². The van der Waals surface area contributed by atoms with Crippen molar-refractivity contribution in [1.82, 2.24) is 20.1 Å². The molecule has 3 heterocycles. The van der Waals surface area contributed by atoms with Gasteiger partial charge in [-0.1, -0.05) is 12.8 Å². The van der Waals surface area contributed by atoms with Crippen LogP contribution in [0.25, 0.3) is 11.3 Å². The van der Waals surface area contributed by atoms with Crippen LogP contribution in [-0.4, -0.2) is 54.6 Å². The molecule has 0 aromatic carbocycles. The van der Waals surface area contributed by atoms with Gasteiger partial charge in [-0.3, -0.25) is 9.69 Å². The first-order chi connectivity index (χ1) is 15.2. The van der Waals surface area contributed by atoms with E-state index in [0.29, 0.717) is 35.4 Å². The third-order valence-corrected chi connectivity index (χ3v) is 7.61. The Hall–Kier alpha value is -2.81. The summed E-state index contributed by atoms with van der Waals surface area (Å²) in [5.74, 6) is -0.177. The van der Waals surface area contributed by atoms with Crippen molar-refractivity contribution in [2.24, 2.45) is 7.05 Å². The average molecular weight is 457 g/mol. The number of allylic oxidation sites excluding steroid dienone is 1. The van der Waals surface area contributed by atoms with E-state index in [2.05, 4.69) is 10.6 Å². The molecule has 2 N–H and O–H groups in total. The fraction of sp³-hybridized carbons (Fsp3) is 0.478. The lowest BCUT2D eigenvalue weighted by Crippen LogP contribution is -2.47. The predicted molar refractivity (Wildman–Crippen MR) is 123 cm³/mol. The molecule has 1 fully saturated rings. The van der Waals surface area contributed by atoms with Gasteiger partial charge in [0.2, 0.25) is 0 Å². The predicted octanol–water partition coefficient (Wildman–Crippen LogP) is 1.75. The van der Waals surface area contributed by atoms with E-state index in [1.165, 1.54) is 10.8 Å². The number of urea groups is 1. The van der Waals surface area contributed by atoms with Crippen LogP contribution in [0.2, 0.25) is 0 Å². The fourth-order valence-electron chi connectivity index (χ4n) is 5.33. The number of hydrogen-bond donors (Lipinski definition) is 2. The summed E-state index contributed by atoms with van der Waals surface area (Å²) in [7, 11) is -1.65. The molecule has 0 saturated heterocycles. The molecule has 1 atom stereocenters. The standard InChI is InChI=1S/C23H28N4O4S/c1-26-10-8-17-15(13-32(2,30)31)11-14-12-27(23(29)25-16-5-3-4-6-16)18-7-9-24-21(19(14)18)20(17)22(26)28/h8,10-12,16,18,24H,3-7,9,13H2,1-2H3,(H,25,29). The number of nitrogens with one attached hydrogen (secondary N) is 2. The quantitative estimate of drug-likeness (QED) is 0.722. The Morgan fingerprint density at radius 1 is 1.25 bits per heavy atom. The van der Waals surface area contributed by atoms with Crippen molar-refractivity contribution >= 4 is 27.1 Å². The lowest BCUT2D eigenvalue weighted by atomic mass is 9.92. The Morgan fingerprint density at radius 2 is 2.00 bits per heavy atom. The number of carbonyl (C=O) groups is 1. The molecular formula is C23H28N4O4S. The first-order valence-electron chi connectivity index (χ1n) is 11.1. The molecule has 2 aliphatic heterocycles. The largest absolute Gasteiger partial charge is 0.384 e. The SMILES string of the molecule is Cn1ccc2c(c1=O)C1=C3C(=CN(C(=O)NC4CCCC4)C3CCN1)C=C2CS(C)(=O)=O. The number of aromatic nitrogens is 1. The molecule has 0 spiro atoms. The Bertz CT molecular complexity index is 1250. The fourth-order valence-corrected chi connectivity index (χ4v) is 6.13. The van der Waals surface area contributed by atoms with E-state index in [-0.39, 0.29) is 29.4 Å². The topological polar surface area (TPSA) is 101 Å². The second kappa shape index (κ2) is 7.65. The second-order valence-corrected chi connectivity index (χ2v) is 11.3. The van der Waals surface area contributed by atoms with Gasteiger partial charge in [0.05, 0.1) is 23.1 Å². The zero-order valence-electron chi connectivity index (χ0n) is 18.3. The van der Waals surface area contributed by atoms with Gasteiger partial charge in [0, 0.05) is 43.9 Å². The molecule has 0 radical (unpaired) electrons. The summed E-state index contributed by atoms with van der Waals surface area (Å²) < 4.78 is 25.9. The normalized spacial score (nSPS) is 22.6. The van der Waals surface area contributed by atoms with Crippen LogP contribution >= 0.6 is 0 Å². The molecule has 0 bridgehead atoms. The van der Waals surface area contributed by atoms with Gasteiger partial charge in [0.15, 0.2) is 9.84 Å². The average Bonchev–Trinajstić information content (AvgIpc) is 3.33. The van der Waals surface area contributed by atoms with Crippen molar-refractivity contribution in [3.63, 3.8) is 0 Å². The van der Waals surface area contributed by atoms with Gasteiger partial charge in [0.1, 0.15) is 0 Å². The summed E-state index contributed by atoms with van der Waals surface area (Å²) in [6.07, 6.45) is 11.5. The number of hydrogen-bond acceptors (Lipinski definition) is 5. The molecule has 4 aliphatic rings. The van der Waals surface area contributed by atoms with E-state index >= 15 is 0 Å². The molecule has 170 valence electrons. The Kier molecular flexibility index (Phi) is 5.03. The van der Waals surface area contributed by atoms with Gasteiger partial charge in [-0.25, -0.2) is 13.2 Å². The number of fused-ring (bicyclic) bond motifs is 2. The summed E-state index contributed by atoms with van der Waals surface area (Å²) in [5, 5.41) is 6.54. The lowest BCUT2D eigenvalue weighted by molar-refractivity contribution is 0.202. The maximum atomic E-state index is 13.2. The summed E-state index contributed by atoms with van der Waals surface area (Å²) >= 11 is 0. The first kappa shape index (κ1) is 21.1. The zero-order chi connectivity index (χ0) is 22.6. The number of carbonyl (C=O) groups excluding carboxylic acids is 1. The van der Waals surface area contributed by atoms with E-state index in [1.54, 1.807) is 24.2 Å². The molecule has 8 nitrogen and oxygen atoms in total. The molecule has 1 unspecified atom stereocenters. The highest BCUT2D eigenvalue weighted by Gasteiger charge is 2.40. The maximum absolute atomic E-state index is 13.2. The monoisotopic (exact) mass is 456 g/mol. The van der Waals surface area contributed by atoms with Crippen LogP contribution in [0, 0.1) is 0 Å². The van der Waals surface area contributed by atoms with Crippen LogP contribution in [-0.2, 0) is 16.9 Å².